The second-order valence-electron chi connectivity index (χ2n) is 9.98. The number of carbonyl (C=O) groups is 1. The van der Waals surface area contributed by atoms with E-state index >= 15 is 0 Å². The minimum atomic E-state index is -0.417. The highest BCUT2D eigenvalue weighted by Gasteiger charge is 2.18. The number of carbonyl (C=O) groups excluding carboxylic acids is 1. The Morgan fingerprint density at radius 1 is 0.821 bits per heavy atom. The lowest BCUT2D eigenvalue weighted by Crippen LogP contribution is -2.27. The summed E-state index contributed by atoms with van der Waals surface area (Å²) in [6.07, 6.45) is 3.96. The summed E-state index contributed by atoms with van der Waals surface area (Å²) in [4.78, 5) is 13.5. The highest BCUT2D eigenvalue weighted by Crippen LogP contribution is 2.35. The molecule has 0 aliphatic heterocycles. The number of azo groups is 2. The third-order valence-electron chi connectivity index (χ3n) is 7.00. The first-order chi connectivity index (χ1) is 18.9. The number of thiol groups is 1. The van der Waals surface area contributed by atoms with Gasteiger partial charge in [0.15, 0.2) is 0 Å². The van der Waals surface area contributed by atoms with Crippen molar-refractivity contribution in [3.05, 3.63) is 89.5 Å². The molecule has 5 rings (SSSR count). The first-order valence-corrected chi connectivity index (χ1v) is 13.5. The van der Waals surface area contributed by atoms with Gasteiger partial charge in [0.2, 0.25) is 0 Å². The normalized spacial score (nSPS) is 17.7. The Morgan fingerprint density at radius 2 is 1.41 bits per heavy atom. The van der Waals surface area contributed by atoms with Gasteiger partial charge >= 0.3 is 5.97 Å². The number of aryl methyl sites for hydroxylation is 2. The van der Waals surface area contributed by atoms with E-state index in [4.69, 9.17) is 10.5 Å². The van der Waals surface area contributed by atoms with Gasteiger partial charge in [-0.15, -0.1) is 17.7 Å². The fraction of sp³-hybridized carbons (Fsp3) is 0.258. The smallest absolute Gasteiger partial charge is 0.343 e. The quantitative estimate of drug-likeness (QED) is 0.111. The summed E-state index contributed by atoms with van der Waals surface area (Å²) in [5.41, 5.74) is 10.6. The van der Waals surface area contributed by atoms with Crippen LogP contribution < -0.4 is 10.5 Å². The highest BCUT2D eigenvalue weighted by molar-refractivity contribution is 7.80. The zero-order chi connectivity index (χ0) is 27.4. The van der Waals surface area contributed by atoms with Crippen molar-refractivity contribution in [3.8, 4) is 5.75 Å². The van der Waals surface area contributed by atoms with E-state index < -0.39 is 5.97 Å². The van der Waals surface area contributed by atoms with Gasteiger partial charge < -0.3 is 10.5 Å². The van der Waals surface area contributed by atoms with Gasteiger partial charge in [-0.25, -0.2) is 4.79 Å². The lowest BCUT2D eigenvalue weighted by molar-refractivity contribution is 0.0734. The van der Waals surface area contributed by atoms with E-state index in [2.05, 4.69) is 33.1 Å². The molecule has 4 aromatic carbocycles. The monoisotopic (exact) mass is 537 g/mol. The van der Waals surface area contributed by atoms with Gasteiger partial charge in [-0.2, -0.15) is 15.3 Å². The number of benzene rings is 4. The van der Waals surface area contributed by atoms with Gasteiger partial charge in [0, 0.05) is 21.7 Å². The summed E-state index contributed by atoms with van der Waals surface area (Å²) < 4.78 is 5.55. The number of nitrogens with zero attached hydrogens (tertiary/aromatic N) is 4. The molecule has 0 atom stereocenters. The maximum Gasteiger partial charge on any atom is 0.343 e. The van der Waals surface area contributed by atoms with Crippen molar-refractivity contribution in [2.75, 3.05) is 0 Å². The van der Waals surface area contributed by atoms with Crippen molar-refractivity contribution in [3.63, 3.8) is 0 Å². The van der Waals surface area contributed by atoms with Gasteiger partial charge in [0.25, 0.3) is 0 Å². The number of esters is 1. The molecule has 0 amide bonds. The molecule has 39 heavy (non-hydrogen) atoms. The fourth-order valence-electron chi connectivity index (χ4n) is 4.73. The lowest BCUT2D eigenvalue weighted by atomic mass is 9.92. The zero-order valence-electron chi connectivity index (χ0n) is 22.0. The van der Waals surface area contributed by atoms with Crippen molar-refractivity contribution in [1.82, 2.24) is 0 Å². The molecule has 7 nitrogen and oxygen atoms in total. The third kappa shape index (κ3) is 6.41. The van der Waals surface area contributed by atoms with Crippen LogP contribution in [-0.2, 0) is 0 Å². The highest BCUT2D eigenvalue weighted by atomic mass is 32.1. The summed E-state index contributed by atoms with van der Waals surface area (Å²) in [6.45, 7) is 3.83. The molecule has 0 saturated heterocycles. The molecule has 198 valence electrons. The first-order valence-electron chi connectivity index (χ1n) is 13.1. The van der Waals surface area contributed by atoms with Crippen molar-refractivity contribution in [2.45, 2.75) is 56.5 Å². The van der Waals surface area contributed by atoms with E-state index in [1.165, 1.54) is 0 Å². The Morgan fingerprint density at radius 3 is 2.03 bits per heavy atom. The zero-order valence-corrected chi connectivity index (χ0v) is 22.9. The lowest BCUT2D eigenvalue weighted by Gasteiger charge is -2.22. The van der Waals surface area contributed by atoms with Crippen LogP contribution >= 0.6 is 12.6 Å². The van der Waals surface area contributed by atoms with Crippen LogP contribution in [-0.4, -0.2) is 18.1 Å². The fourth-order valence-corrected chi connectivity index (χ4v) is 4.86. The van der Waals surface area contributed by atoms with Crippen molar-refractivity contribution in [2.24, 2.45) is 26.2 Å². The Bertz CT molecular complexity index is 1530. The molecule has 8 heteroatoms. The Kier molecular flexibility index (Phi) is 8.14. The number of ether oxygens (including phenoxy) is 1. The Labute approximate surface area is 233 Å². The van der Waals surface area contributed by atoms with Gasteiger partial charge in [0.1, 0.15) is 5.75 Å². The molecule has 1 aliphatic rings. The van der Waals surface area contributed by atoms with Gasteiger partial charge in [-0.1, -0.05) is 24.3 Å². The topological polar surface area (TPSA) is 102 Å². The third-order valence-corrected chi connectivity index (χ3v) is 7.70. The molecule has 4 aromatic rings. The minimum absolute atomic E-state index is 0.229. The average Bonchev–Trinajstić information content (AvgIpc) is 2.95. The largest absolute Gasteiger partial charge is 0.423 e. The predicted octanol–water partition coefficient (Wildman–Crippen LogP) is 8.73. The van der Waals surface area contributed by atoms with Gasteiger partial charge in [-0.3, -0.25) is 0 Å². The molecule has 0 spiro atoms. The van der Waals surface area contributed by atoms with E-state index in [1.807, 2.05) is 50.2 Å². The van der Waals surface area contributed by atoms with Crippen molar-refractivity contribution >= 4 is 46.4 Å². The second-order valence-corrected chi connectivity index (χ2v) is 10.4. The van der Waals surface area contributed by atoms with Crippen LogP contribution in [0.25, 0.3) is 10.8 Å². The molecule has 0 heterocycles. The summed E-state index contributed by atoms with van der Waals surface area (Å²) in [5, 5.41) is 20.0. The minimum Gasteiger partial charge on any atom is -0.423 e. The standard InChI is InChI=1S/C31H31N5O2S/c1-19-17-21(18-20(2)30(19)39)31(37)38-25-13-11-24(12-14-25)34-36-29-16-15-28(26-5-3-4-6-27(26)29)35-33-23-9-7-22(32)8-10-23/h3-6,11-18,22-23,39H,7-10,32H2,1-2H3. The first kappa shape index (κ1) is 26.7. The summed E-state index contributed by atoms with van der Waals surface area (Å²) in [5.74, 6) is 0.0176. The van der Waals surface area contributed by atoms with Crippen molar-refractivity contribution in [1.29, 1.82) is 0 Å². The average molecular weight is 538 g/mol. The number of fused-ring (bicyclic) bond motifs is 1. The van der Waals surface area contributed by atoms with Crippen molar-refractivity contribution < 1.29 is 9.53 Å². The molecular formula is C31H31N5O2S. The number of hydrogen-bond donors (Lipinski definition) is 2. The van der Waals surface area contributed by atoms with Crippen LogP contribution in [0.2, 0.25) is 0 Å². The number of nitrogens with two attached hydrogens (primary N) is 1. The molecule has 1 fully saturated rings. The Hall–Kier alpha value is -3.88. The molecule has 0 radical (unpaired) electrons. The van der Waals surface area contributed by atoms with E-state index in [0.717, 1.165) is 63.9 Å². The molecule has 2 N–H and O–H groups in total. The van der Waals surface area contributed by atoms with Gasteiger partial charge in [0.05, 0.1) is 28.7 Å². The van der Waals surface area contributed by atoms with Crippen LogP contribution in [0.5, 0.6) is 5.75 Å². The van der Waals surface area contributed by atoms with E-state index in [9.17, 15) is 4.79 Å². The van der Waals surface area contributed by atoms with Crippen LogP contribution in [0.3, 0.4) is 0 Å². The molecule has 0 aromatic heterocycles. The maximum atomic E-state index is 12.6. The summed E-state index contributed by atoms with van der Waals surface area (Å²) in [6, 6.07) is 22.9. The number of hydrogen-bond acceptors (Lipinski definition) is 8. The molecule has 0 unspecified atom stereocenters. The summed E-state index contributed by atoms with van der Waals surface area (Å²) >= 11 is 4.46. The predicted molar refractivity (Wildman–Crippen MR) is 157 cm³/mol. The van der Waals surface area contributed by atoms with Crippen LogP contribution in [0.4, 0.5) is 17.1 Å². The van der Waals surface area contributed by atoms with Crippen LogP contribution in [0, 0.1) is 13.8 Å². The van der Waals surface area contributed by atoms with E-state index in [0.29, 0.717) is 17.0 Å². The molecule has 0 bridgehead atoms. The molecular weight excluding hydrogens is 506 g/mol. The van der Waals surface area contributed by atoms with E-state index in [-0.39, 0.29) is 12.1 Å². The maximum absolute atomic E-state index is 12.6. The van der Waals surface area contributed by atoms with Crippen LogP contribution in [0.15, 0.2) is 98.1 Å². The Balaban J connectivity index is 1.29. The molecule has 1 saturated carbocycles. The summed E-state index contributed by atoms with van der Waals surface area (Å²) in [7, 11) is 0. The molecule has 1 aliphatic carbocycles. The second kappa shape index (κ2) is 11.9. The van der Waals surface area contributed by atoms with Crippen LogP contribution in [0.1, 0.15) is 47.2 Å². The number of rotatable bonds is 6. The van der Waals surface area contributed by atoms with E-state index in [1.54, 1.807) is 36.4 Å². The van der Waals surface area contributed by atoms with Gasteiger partial charge in [-0.05, 0) is 99.2 Å². The SMILES string of the molecule is Cc1cc(C(=O)Oc2ccc(N=Nc3ccc(N=NC4CCC(N)CC4)c4ccccc34)cc2)cc(C)c1S.